The zero-order chi connectivity index (χ0) is 11.3. The summed E-state index contributed by atoms with van der Waals surface area (Å²) in [4.78, 5) is 0. The molecule has 0 unspecified atom stereocenters. The van der Waals surface area contributed by atoms with E-state index in [1.807, 2.05) is 13.8 Å². The van der Waals surface area contributed by atoms with Crippen molar-refractivity contribution in [2.75, 3.05) is 5.73 Å². The van der Waals surface area contributed by atoms with Gasteiger partial charge >= 0.3 is 0 Å². The first-order valence-electron chi connectivity index (χ1n) is 4.33. The number of hydrogen-bond donors (Lipinski definition) is 2. The van der Waals surface area contributed by atoms with Crippen LogP contribution in [0, 0.1) is 11.2 Å². The van der Waals surface area contributed by atoms with Gasteiger partial charge in [-0.2, -0.15) is 0 Å². The zero-order valence-corrected chi connectivity index (χ0v) is 10.1. The lowest BCUT2D eigenvalue weighted by Crippen LogP contribution is -2.02. The Bertz CT molecular complexity index is 337. The summed E-state index contributed by atoms with van der Waals surface area (Å²) in [6, 6.07) is 3.16. The van der Waals surface area contributed by atoms with E-state index in [1.54, 1.807) is 19.1 Å². The van der Waals surface area contributed by atoms with Crippen LogP contribution in [0.15, 0.2) is 16.6 Å². The van der Waals surface area contributed by atoms with Crippen molar-refractivity contribution in [3.05, 3.63) is 28.0 Å². The van der Waals surface area contributed by atoms with Crippen LogP contribution in [-0.2, 0) is 0 Å². The van der Waals surface area contributed by atoms with Crippen LogP contribution in [0.2, 0.25) is 0 Å². The molecule has 0 aliphatic rings. The molecule has 0 aromatic heterocycles. The van der Waals surface area contributed by atoms with E-state index in [2.05, 4.69) is 15.9 Å². The molecule has 14 heavy (non-hydrogen) atoms. The van der Waals surface area contributed by atoms with E-state index in [0.717, 1.165) is 0 Å². The molecule has 0 saturated heterocycles. The van der Waals surface area contributed by atoms with Crippen LogP contribution in [-0.4, -0.2) is 5.71 Å². The van der Waals surface area contributed by atoms with E-state index >= 15 is 0 Å². The van der Waals surface area contributed by atoms with E-state index in [1.165, 1.54) is 0 Å². The molecule has 0 atom stereocenters. The quantitative estimate of drug-likeness (QED) is 0.589. The smallest absolute Gasteiger partial charge is 0.160 e. The monoisotopic (exact) mass is 260 g/mol. The average Bonchev–Trinajstić information content (AvgIpc) is 2.17. The number of anilines is 1. The fraction of sp³-hybridized carbons (Fsp3) is 0.300. The third kappa shape index (κ3) is 2.80. The number of nitrogens with two attached hydrogens (primary N) is 1. The maximum atomic E-state index is 13.1. The largest absolute Gasteiger partial charge is 0.396 e. The van der Waals surface area contributed by atoms with Crippen LogP contribution in [0.5, 0.6) is 0 Å². The van der Waals surface area contributed by atoms with Gasteiger partial charge in [0.1, 0.15) is 0 Å². The number of rotatable bonds is 1. The summed E-state index contributed by atoms with van der Waals surface area (Å²) in [6.07, 6.45) is 0. The minimum atomic E-state index is -0.501. The molecule has 0 amide bonds. The van der Waals surface area contributed by atoms with Crippen LogP contribution in [0.25, 0.3) is 0 Å². The van der Waals surface area contributed by atoms with Crippen LogP contribution in [0.4, 0.5) is 10.1 Å². The summed E-state index contributed by atoms with van der Waals surface area (Å²) in [7, 11) is 0. The van der Waals surface area contributed by atoms with Gasteiger partial charge in [0.15, 0.2) is 5.82 Å². The van der Waals surface area contributed by atoms with Crippen molar-refractivity contribution in [3.8, 4) is 0 Å². The highest BCUT2D eigenvalue weighted by molar-refractivity contribution is 9.10. The Morgan fingerprint density at radius 2 is 1.93 bits per heavy atom. The molecule has 0 fully saturated rings. The summed E-state index contributed by atoms with van der Waals surface area (Å²) in [5, 5.41) is 7.28. The lowest BCUT2D eigenvalue weighted by atomic mass is 10.1. The van der Waals surface area contributed by atoms with Crippen LogP contribution in [0.3, 0.4) is 0 Å². The van der Waals surface area contributed by atoms with Gasteiger partial charge in [0.2, 0.25) is 0 Å². The molecular formula is C10H14BrFN2. The van der Waals surface area contributed by atoms with Crippen molar-refractivity contribution in [2.45, 2.75) is 20.8 Å². The molecule has 0 spiro atoms. The van der Waals surface area contributed by atoms with Gasteiger partial charge in [-0.1, -0.05) is 13.8 Å². The maximum absolute atomic E-state index is 13.1. The van der Waals surface area contributed by atoms with Gasteiger partial charge in [0.25, 0.3) is 0 Å². The highest BCUT2D eigenvalue weighted by atomic mass is 79.9. The number of nitrogen functional groups attached to an aromatic ring is 1. The van der Waals surface area contributed by atoms with Gasteiger partial charge in [0.05, 0.1) is 10.2 Å². The van der Waals surface area contributed by atoms with Crippen molar-refractivity contribution >= 4 is 27.3 Å². The molecule has 0 aliphatic carbocycles. The summed E-state index contributed by atoms with van der Waals surface area (Å²) < 4.78 is 13.4. The van der Waals surface area contributed by atoms with Gasteiger partial charge in [-0.15, -0.1) is 0 Å². The molecule has 0 aliphatic heterocycles. The average molecular weight is 261 g/mol. The third-order valence-corrected chi connectivity index (χ3v) is 2.15. The fourth-order valence-electron chi connectivity index (χ4n) is 0.893. The Kier molecular flexibility index (Phi) is 5.38. The Labute approximate surface area is 92.0 Å². The van der Waals surface area contributed by atoms with Crippen LogP contribution >= 0.6 is 15.9 Å². The van der Waals surface area contributed by atoms with Crippen LogP contribution < -0.4 is 5.73 Å². The first-order chi connectivity index (χ1) is 6.54. The molecule has 4 heteroatoms. The standard InChI is InChI=1S/C8H8BrFN2.C2H6/c1-4(11)5-2-3-6(9)7(10)8(5)12;1-2/h2-3,11H,12H2,1H3;1-2H3. The summed E-state index contributed by atoms with van der Waals surface area (Å²) in [6.45, 7) is 5.57. The Morgan fingerprint density at radius 1 is 1.43 bits per heavy atom. The topological polar surface area (TPSA) is 49.9 Å². The summed E-state index contributed by atoms with van der Waals surface area (Å²) >= 11 is 3.00. The molecule has 0 saturated carbocycles. The third-order valence-electron chi connectivity index (χ3n) is 1.54. The molecule has 0 radical (unpaired) electrons. The Hall–Kier alpha value is -0.900. The predicted octanol–water partition coefficient (Wildman–Crippen LogP) is 3.58. The normalized spacial score (nSPS) is 8.93. The van der Waals surface area contributed by atoms with Crippen molar-refractivity contribution < 1.29 is 4.39 Å². The molecule has 1 aromatic carbocycles. The molecule has 0 bridgehead atoms. The molecule has 1 rings (SSSR count). The van der Waals surface area contributed by atoms with Gasteiger partial charge in [0, 0.05) is 11.3 Å². The van der Waals surface area contributed by atoms with E-state index in [9.17, 15) is 4.39 Å². The van der Waals surface area contributed by atoms with Crippen LogP contribution in [0.1, 0.15) is 26.3 Å². The SMILES string of the molecule is CC.CC(=N)c1ccc(Br)c(F)c1N. The first-order valence-corrected chi connectivity index (χ1v) is 5.12. The minimum absolute atomic E-state index is 0.0249. The van der Waals surface area contributed by atoms with E-state index < -0.39 is 5.82 Å². The van der Waals surface area contributed by atoms with E-state index in [4.69, 9.17) is 11.1 Å². The second kappa shape index (κ2) is 5.75. The molecule has 2 nitrogen and oxygen atoms in total. The predicted molar refractivity (Wildman–Crippen MR) is 62.4 cm³/mol. The Balaban J connectivity index is 0.000000791. The molecular weight excluding hydrogens is 247 g/mol. The first kappa shape index (κ1) is 13.1. The van der Waals surface area contributed by atoms with E-state index in [0.29, 0.717) is 10.0 Å². The fourth-order valence-corrected chi connectivity index (χ4v) is 1.24. The minimum Gasteiger partial charge on any atom is -0.396 e. The molecule has 3 N–H and O–H groups in total. The second-order valence-electron chi connectivity index (χ2n) is 2.45. The van der Waals surface area contributed by atoms with Gasteiger partial charge in [-0.25, -0.2) is 4.39 Å². The highest BCUT2D eigenvalue weighted by Gasteiger charge is 2.09. The molecule has 0 heterocycles. The van der Waals surface area contributed by atoms with Crippen molar-refractivity contribution in [1.82, 2.24) is 0 Å². The highest BCUT2D eigenvalue weighted by Crippen LogP contribution is 2.24. The van der Waals surface area contributed by atoms with Crippen molar-refractivity contribution in [2.24, 2.45) is 0 Å². The molecule has 1 aromatic rings. The Morgan fingerprint density at radius 3 is 2.36 bits per heavy atom. The summed E-state index contributed by atoms with van der Waals surface area (Å²) in [5.41, 5.74) is 6.17. The zero-order valence-electron chi connectivity index (χ0n) is 8.49. The van der Waals surface area contributed by atoms with E-state index in [-0.39, 0.29) is 11.4 Å². The van der Waals surface area contributed by atoms with Crippen molar-refractivity contribution in [3.63, 3.8) is 0 Å². The second-order valence-corrected chi connectivity index (χ2v) is 3.30. The summed E-state index contributed by atoms with van der Waals surface area (Å²) in [5.74, 6) is -0.501. The van der Waals surface area contributed by atoms with Gasteiger partial charge in [-0.05, 0) is 35.0 Å². The van der Waals surface area contributed by atoms with Crippen molar-refractivity contribution in [1.29, 1.82) is 5.41 Å². The lowest BCUT2D eigenvalue weighted by molar-refractivity contribution is 0.625. The number of hydrogen-bond acceptors (Lipinski definition) is 2. The maximum Gasteiger partial charge on any atom is 0.160 e. The number of halogens is 2. The number of nitrogens with one attached hydrogen (secondary N) is 1. The number of benzene rings is 1. The lowest BCUT2D eigenvalue weighted by Gasteiger charge is -2.05. The molecule has 78 valence electrons. The van der Waals surface area contributed by atoms with Gasteiger partial charge in [-0.3, -0.25) is 0 Å². The van der Waals surface area contributed by atoms with Gasteiger partial charge < -0.3 is 11.1 Å².